The minimum absolute atomic E-state index is 0.0451. The maximum absolute atomic E-state index is 11.2. The van der Waals surface area contributed by atoms with E-state index in [1.54, 1.807) is 0 Å². The number of rotatable bonds is 1. The topological polar surface area (TPSA) is 40.6 Å². The van der Waals surface area contributed by atoms with E-state index in [-0.39, 0.29) is 12.1 Å². The Morgan fingerprint density at radius 2 is 1.62 bits per heavy atom. The second-order valence-electron chi connectivity index (χ2n) is 3.69. The molecule has 1 aliphatic rings. The van der Waals surface area contributed by atoms with E-state index in [0.29, 0.717) is 0 Å². The van der Waals surface area contributed by atoms with Crippen molar-refractivity contribution in [1.29, 1.82) is 0 Å². The van der Waals surface area contributed by atoms with Crippen LogP contribution in [-0.4, -0.2) is 49.8 Å². The molecular formula is C7H15ClN2O2S. The van der Waals surface area contributed by atoms with Crippen molar-refractivity contribution >= 4 is 19.9 Å². The van der Waals surface area contributed by atoms with Gasteiger partial charge in [0.05, 0.1) is 0 Å². The SMILES string of the molecule is CC1CN(C)CC(C)N1S(=O)(=O)Cl. The number of piperazine rings is 1. The van der Waals surface area contributed by atoms with Crippen molar-refractivity contribution in [3.05, 3.63) is 0 Å². The zero-order valence-corrected chi connectivity index (χ0v) is 9.64. The highest BCUT2D eigenvalue weighted by Crippen LogP contribution is 2.20. The summed E-state index contributed by atoms with van der Waals surface area (Å²) < 4.78 is 23.7. The van der Waals surface area contributed by atoms with Crippen LogP contribution < -0.4 is 0 Å². The summed E-state index contributed by atoms with van der Waals surface area (Å²) in [6.45, 7) is 5.20. The van der Waals surface area contributed by atoms with Gasteiger partial charge >= 0.3 is 0 Å². The summed E-state index contributed by atoms with van der Waals surface area (Å²) in [4.78, 5) is 2.11. The Kier molecular flexibility index (Phi) is 3.22. The first kappa shape index (κ1) is 11.2. The normalized spacial score (nSPS) is 33.5. The summed E-state index contributed by atoms with van der Waals surface area (Å²) in [6.07, 6.45) is 0. The predicted octanol–water partition coefficient (Wildman–Crippen LogP) is 0.494. The Bertz CT molecular complexity index is 268. The van der Waals surface area contributed by atoms with E-state index in [1.165, 1.54) is 4.31 Å². The van der Waals surface area contributed by atoms with Crippen LogP contribution in [0, 0.1) is 0 Å². The van der Waals surface area contributed by atoms with Crippen LogP contribution in [0.4, 0.5) is 0 Å². The highest BCUT2D eigenvalue weighted by Gasteiger charge is 2.35. The average Bonchev–Trinajstić information content (AvgIpc) is 1.78. The van der Waals surface area contributed by atoms with Crippen LogP contribution in [0.1, 0.15) is 13.8 Å². The van der Waals surface area contributed by atoms with Crippen molar-refractivity contribution in [2.24, 2.45) is 0 Å². The average molecular weight is 227 g/mol. The molecule has 0 spiro atoms. The zero-order valence-electron chi connectivity index (χ0n) is 8.07. The first-order valence-corrected chi connectivity index (χ1v) is 6.50. The minimum atomic E-state index is -3.57. The fourth-order valence-electron chi connectivity index (χ4n) is 2.00. The second kappa shape index (κ2) is 3.73. The van der Waals surface area contributed by atoms with E-state index in [2.05, 4.69) is 4.90 Å². The molecule has 2 unspecified atom stereocenters. The molecule has 0 aromatic carbocycles. The quantitative estimate of drug-likeness (QED) is 0.612. The number of likely N-dealkylation sites (N-methyl/N-ethyl adjacent to an activating group) is 1. The molecular weight excluding hydrogens is 212 g/mol. The van der Waals surface area contributed by atoms with E-state index in [0.717, 1.165) is 13.1 Å². The van der Waals surface area contributed by atoms with Gasteiger partial charge in [-0.05, 0) is 20.9 Å². The lowest BCUT2D eigenvalue weighted by Crippen LogP contribution is -2.56. The molecule has 0 radical (unpaired) electrons. The maximum atomic E-state index is 11.2. The number of hydrogen-bond acceptors (Lipinski definition) is 3. The molecule has 0 saturated carbocycles. The van der Waals surface area contributed by atoms with Crippen LogP contribution >= 0.6 is 10.7 Å². The third-order valence-corrected chi connectivity index (χ3v) is 3.97. The Morgan fingerprint density at radius 3 is 1.92 bits per heavy atom. The zero-order chi connectivity index (χ0) is 10.2. The van der Waals surface area contributed by atoms with E-state index >= 15 is 0 Å². The second-order valence-corrected chi connectivity index (χ2v) is 6.11. The summed E-state index contributed by atoms with van der Waals surface area (Å²) in [5.74, 6) is 0. The van der Waals surface area contributed by atoms with Gasteiger partial charge in [0.25, 0.3) is 9.24 Å². The fraction of sp³-hybridized carbons (Fsp3) is 1.00. The highest BCUT2D eigenvalue weighted by atomic mass is 35.7. The van der Waals surface area contributed by atoms with Gasteiger partial charge in [-0.15, -0.1) is 0 Å². The summed E-state index contributed by atoms with van der Waals surface area (Å²) in [5.41, 5.74) is 0. The van der Waals surface area contributed by atoms with E-state index in [4.69, 9.17) is 10.7 Å². The summed E-state index contributed by atoms with van der Waals surface area (Å²) in [7, 11) is 3.74. The van der Waals surface area contributed by atoms with Crippen LogP contribution in [0.25, 0.3) is 0 Å². The monoisotopic (exact) mass is 226 g/mol. The maximum Gasteiger partial charge on any atom is 0.300 e. The number of hydrogen-bond donors (Lipinski definition) is 0. The highest BCUT2D eigenvalue weighted by molar-refractivity contribution is 8.11. The largest absolute Gasteiger partial charge is 0.303 e. The Labute approximate surface area is 84.0 Å². The van der Waals surface area contributed by atoms with Crippen molar-refractivity contribution in [3.8, 4) is 0 Å². The van der Waals surface area contributed by atoms with E-state index in [9.17, 15) is 8.42 Å². The molecule has 0 bridgehead atoms. The molecule has 2 atom stereocenters. The first-order chi connectivity index (χ1) is 5.82. The Morgan fingerprint density at radius 1 is 1.23 bits per heavy atom. The van der Waals surface area contributed by atoms with Gasteiger partial charge in [-0.1, -0.05) is 0 Å². The molecule has 13 heavy (non-hydrogen) atoms. The van der Waals surface area contributed by atoms with Crippen molar-refractivity contribution in [3.63, 3.8) is 0 Å². The van der Waals surface area contributed by atoms with Crippen molar-refractivity contribution < 1.29 is 8.42 Å². The summed E-state index contributed by atoms with van der Waals surface area (Å²) >= 11 is 0. The van der Waals surface area contributed by atoms with Gasteiger partial charge in [0.2, 0.25) is 0 Å². The molecule has 0 amide bonds. The first-order valence-electron chi connectivity index (χ1n) is 4.24. The van der Waals surface area contributed by atoms with Gasteiger partial charge in [0.15, 0.2) is 0 Å². The fourth-order valence-corrected chi connectivity index (χ4v) is 3.81. The standard InChI is InChI=1S/C7H15ClN2O2S/c1-6-4-9(3)5-7(2)10(6)13(8,11)12/h6-7H,4-5H2,1-3H3. The molecule has 0 aromatic rings. The molecule has 1 fully saturated rings. The molecule has 1 saturated heterocycles. The van der Waals surface area contributed by atoms with Crippen molar-refractivity contribution in [1.82, 2.24) is 9.21 Å². The van der Waals surface area contributed by atoms with Crippen molar-refractivity contribution in [2.75, 3.05) is 20.1 Å². The third kappa shape index (κ3) is 2.56. The minimum Gasteiger partial charge on any atom is -0.303 e. The van der Waals surface area contributed by atoms with Gasteiger partial charge in [-0.3, -0.25) is 0 Å². The molecule has 1 aliphatic heterocycles. The van der Waals surface area contributed by atoms with Gasteiger partial charge < -0.3 is 4.90 Å². The molecule has 1 heterocycles. The lowest BCUT2D eigenvalue weighted by Gasteiger charge is -2.40. The summed E-state index contributed by atoms with van der Waals surface area (Å²) in [6, 6.07) is -0.0903. The molecule has 0 N–H and O–H groups in total. The third-order valence-electron chi connectivity index (χ3n) is 2.27. The van der Waals surface area contributed by atoms with Crippen LogP contribution in [0.3, 0.4) is 0 Å². The van der Waals surface area contributed by atoms with E-state index in [1.807, 2.05) is 20.9 Å². The lowest BCUT2D eigenvalue weighted by molar-refractivity contribution is 0.125. The lowest BCUT2D eigenvalue weighted by atomic mass is 10.2. The van der Waals surface area contributed by atoms with E-state index < -0.39 is 9.24 Å². The molecule has 0 aliphatic carbocycles. The predicted molar refractivity (Wildman–Crippen MR) is 53.0 cm³/mol. The van der Waals surface area contributed by atoms with Crippen LogP contribution in [-0.2, 0) is 9.24 Å². The van der Waals surface area contributed by atoms with Gasteiger partial charge in [0, 0.05) is 35.9 Å². The Balaban J connectivity index is 2.85. The smallest absolute Gasteiger partial charge is 0.300 e. The van der Waals surface area contributed by atoms with Crippen molar-refractivity contribution in [2.45, 2.75) is 25.9 Å². The molecule has 6 heteroatoms. The number of halogens is 1. The van der Waals surface area contributed by atoms with Gasteiger partial charge in [-0.2, -0.15) is 12.7 Å². The summed E-state index contributed by atoms with van der Waals surface area (Å²) in [5, 5.41) is 0. The Hall–Kier alpha value is 0.160. The van der Waals surface area contributed by atoms with Crippen LogP contribution in [0.5, 0.6) is 0 Å². The number of nitrogens with zero attached hydrogens (tertiary/aromatic N) is 2. The van der Waals surface area contributed by atoms with Crippen LogP contribution in [0.15, 0.2) is 0 Å². The van der Waals surface area contributed by atoms with Gasteiger partial charge in [0.1, 0.15) is 0 Å². The molecule has 78 valence electrons. The van der Waals surface area contributed by atoms with Crippen LogP contribution in [0.2, 0.25) is 0 Å². The van der Waals surface area contributed by atoms with Gasteiger partial charge in [-0.25, -0.2) is 0 Å². The molecule has 1 rings (SSSR count). The molecule has 0 aromatic heterocycles. The molecule has 4 nitrogen and oxygen atoms in total.